The van der Waals surface area contributed by atoms with Crippen LogP contribution in [0.4, 0.5) is 0 Å². The molecule has 3 nitrogen and oxygen atoms in total. The van der Waals surface area contributed by atoms with E-state index in [4.69, 9.17) is 0 Å². The predicted molar refractivity (Wildman–Crippen MR) is 73.1 cm³/mol. The normalized spacial score (nSPS) is 12.9. The van der Waals surface area contributed by atoms with Crippen molar-refractivity contribution in [3.8, 4) is 0 Å². The SMILES string of the molecule is CCCCC(CCC)NCCc1nccn1C. The minimum atomic E-state index is 0.695. The van der Waals surface area contributed by atoms with Crippen LogP contribution in [0.5, 0.6) is 0 Å². The summed E-state index contributed by atoms with van der Waals surface area (Å²) in [5, 5.41) is 3.67. The van der Waals surface area contributed by atoms with E-state index < -0.39 is 0 Å². The van der Waals surface area contributed by atoms with E-state index in [1.807, 2.05) is 12.4 Å². The molecule has 0 bridgehead atoms. The zero-order valence-corrected chi connectivity index (χ0v) is 11.6. The molecule has 0 radical (unpaired) electrons. The molecule has 98 valence electrons. The second kappa shape index (κ2) is 8.29. The Bertz CT molecular complexity index is 293. The van der Waals surface area contributed by atoms with Crippen molar-refractivity contribution in [2.75, 3.05) is 6.54 Å². The summed E-state index contributed by atoms with van der Waals surface area (Å²) >= 11 is 0. The second-order valence-corrected chi connectivity index (χ2v) is 4.79. The summed E-state index contributed by atoms with van der Waals surface area (Å²) in [6, 6.07) is 0.695. The number of hydrogen-bond acceptors (Lipinski definition) is 2. The molecule has 1 aromatic heterocycles. The third-order valence-corrected chi connectivity index (χ3v) is 3.25. The van der Waals surface area contributed by atoms with E-state index in [2.05, 4.69) is 35.8 Å². The summed E-state index contributed by atoms with van der Waals surface area (Å²) in [7, 11) is 2.06. The van der Waals surface area contributed by atoms with Crippen LogP contribution in [-0.4, -0.2) is 22.1 Å². The van der Waals surface area contributed by atoms with Crippen molar-refractivity contribution in [3.05, 3.63) is 18.2 Å². The van der Waals surface area contributed by atoms with Gasteiger partial charge in [0.1, 0.15) is 5.82 Å². The summed E-state index contributed by atoms with van der Waals surface area (Å²) in [6.07, 6.45) is 11.4. The van der Waals surface area contributed by atoms with Crippen molar-refractivity contribution < 1.29 is 0 Å². The molecular weight excluding hydrogens is 210 g/mol. The molecule has 1 N–H and O–H groups in total. The van der Waals surface area contributed by atoms with Crippen LogP contribution in [-0.2, 0) is 13.5 Å². The third-order valence-electron chi connectivity index (χ3n) is 3.25. The molecular formula is C14H27N3. The molecule has 3 heteroatoms. The number of unbranched alkanes of at least 4 members (excludes halogenated alkanes) is 1. The minimum Gasteiger partial charge on any atom is -0.338 e. The molecule has 0 aromatic carbocycles. The summed E-state index contributed by atoms with van der Waals surface area (Å²) in [4.78, 5) is 4.34. The summed E-state index contributed by atoms with van der Waals surface area (Å²) in [5.41, 5.74) is 0. The summed E-state index contributed by atoms with van der Waals surface area (Å²) in [5.74, 6) is 1.17. The Balaban J connectivity index is 2.24. The molecule has 1 rings (SSSR count). The zero-order valence-electron chi connectivity index (χ0n) is 11.6. The molecule has 1 aromatic rings. The van der Waals surface area contributed by atoms with E-state index in [0.29, 0.717) is 6.04 Å². The van der Waals surface area contributed by atoms with Crippen LogP contribution in [0.2, 0.25) is 0 Å². The molecule has 0 amide bonds. The smallest absolute Gasteiger partial charge is 0.109 e. The number of nitrogens with one attached hydrogen (secondary N) is 1. The number of rotatable bonds is 9. The maximum Gasteiger partial charge on any atom is 0.109 e. The van der Waals surface area contributed by atoms with Gasteiger partial charge < -0.3 is 9.88 Å². The van der Waals surface area contributed by atoms with Crippen LogP contribution in [0.3, 0.4) is 0 Å². The van der Waals surface area contributed by atoms with Gasteiger partial charge in [-0.25, -0.2) is 4.98 Å². The number of aryl methyl sites for hydroxylation is 1. The fraction of sp³-hybridized carbons (Fsp3) is 0.786. The van der Waals surface area contributed by atoms with Crippen LogP contribution in [0.15, 0.2) is 12.4 Å². The number of aromatic nitrogens is 2. The highest BCUT2D eigenvalue weighted by molar-refractivity contribution is 4.91. The van der Waals surface area contributed by atoms with E-state index in [9.17, 15) is 0 Å². The fourth-order valence-corrected chi connectivity index (χ4v) is 2.17. The van der Waals surface area contributed by atoms with E-state index in [1.54, 1.807) is 0 Å². The fourth-order valence-electron chi connectivity index (χ4n) is 2.17. The van der Waals surface area contributed by atoms with Gasteiger partial charge in [0.05, 0.1) is 0 Å². The molecule has 1 unspecified atom stereocenters. The molecule has 0 saturated heterocycles. The van der Waals surface area contributed by atoms with Crippen molar-refractivity contribution >= 4 is 0 Å². The first kappa shape index (κ1) is 14.2. The quantitative estimate of drug-likeness (QED) is 0.715. The van der Waals surface area contributed by atoms with E-state index >= 15 is 0 Å². The Kier molecular flexibility index (Phi) is 6.94. The maximum absolute atomic E-state index is 4.34. The highest BCUT2D eigenvalue weighted by atomic mass is 15.0. The standard InChI is InChI=1S/C14H27N3/c1-4-6-8-13(7-5-2)15-10-9-14-16-11-12-17(14)3/h11-13,15H,4-10H2,1-3H3. The van der Waals surface area contributed by atoms with Gasteiger partial charge in [-0.3, -0.25) is 0 Å². The average Bonchev–Trinajstić information content (AvgIpc) is 2.72. The van der Waals surface area contributed by atoms with Crippen LogP contribution >= 0.6 is 0 Å². The van der Waals surface area contributed by atoms with Gasteiger partial charge in [-0.1, -0.05) is 33.1 Å². The van der Waals surface area contributed by atoms with Crippen LogP contribution in [0.1, 0.15) is 51.8 Å². The minimum absolute atomic E-state index is 0.695. The Hall–Kier alpha value is -0.830. The van der Waals surface area contributed by atoms with Crippen LogP contribution in [0, 0.1) is 0 Å². The molecule has 0 saturated carbocycles. The highest BCUT2D eigenvalue weighted by Gasteiger charge is 2.06. The number of nitrogens with zero attached hydrogens (tertiary/aromatic N) is 2. The lowest BCUT2D eigenvalue weighted by molar-refractivity contribution is 0.435. The van der Waals surface area contributed by atoms with Crippen molar-refractivity contribution in [1.82, 2.24) is 14.9 Å². The van der Waals surface area contributed by atoms with Crippen molar-refractivity contribution in [3.63, 3.8) is 0 Å². The number of hydrogen-bond donors (Lipinski definition) is 1. The third kappa shape index (κ3) is 5.35. The molecule has 17 heavy (non-hydrogen) atoms. The van der Waals surface area contributed by atoms with E-state index in [-0.39, 0.29) is 0 Å². The Morgan fingerprint density at radius 3 is 2.71 bits per heavy atom. The van der Waals surface area contributed by atoms with Crippen molar-refractivity contribution in [1.29, 1.82) is 0 Å². The van der Waals surface area contributed by atoms with Gasteiger partial charge in [0.25, 0.3) is 0 Å². The lowest BCUT2D eigenvalue weighted by Crippen LogP contribution is -2.31. The summed E-state index contributed by atoms with van der Waals surface area (Å²) in [6.45, 7) is 5.56. The Labute approximate surface area is 106 Å². The van der Waals surface area contributed by atoms with Gasteiger partial charge in [0, 0.05) is 38.4 Å². The highest BCUT2D eigenvalue weighted by Crippen LogP contribution is 2.06. The number of imidazole rings is 1. The van der Waals surface area contributed by atoms with Gasteiger partial charge in [0.2, 0.25) is 0 Å². The Morgan fingerprint density at radius 2 is 2.12 bits per heavy atom. The van der Waals surface area contributed by atoms with Gasteiger partial charge in [-0.2, -0.15) is 0 Å². The second-order valence-electron chi connectivity index (χ2n) is 4.79. The van der Waals surface area contributed by atoms with Gasteiger partial charge >= 0.3 is 0 Å². The topological polar surface area (TPSA) is 29.9 Å². The van der Waals surface area contributed by atoms with Gasteiger partial charge in [-0.05, 0) is 12.8 Å². The molecule has 0 aliphatic rings. The lowest BCUT2D eigenvalue weighted by Gasteiger charge is -2.17. The molecule has 1 heterocycles. The van der Waals surface area contributed by atoms with Crippen LogP contribution in [0.25, 0.3) is 0 Å². The monoisotopic (exact) mass is 237 g/mol. The zero-order chi connectivity index (χ0) is 12.5. The van der Waals surface area contributed by atoms with Crippen molar-refractivity contribution in [2.24, 2.45) is 7.05 Å². The van der Waals surface area contributed by atoms with Crippen LogP contribution < -0.4 is 5.32 Å². The van der Waals surface area contributed by atoms with E-state index in [1.165, 1.54) is 37.9 Å². The predicted octanol–water partition coefficient (Wildman–Crippen LogP) is 2.91. The van der Waals surface area contributed by atoms with Gasteiger partial charge in [-0.15, -0.1) is 0 Å². The molecule has 0 aliphatic carbocycles. The summed E-state index contributed by atoms with van der Waals surface area (Å²) < 4.78 is 2.10. The van der Waals surface area contributed by atoms with Gasteiger partial charge in [0.15, 0.2) is 0 Å². The lowest BCUT2D eigenvalue weighted by atomic mass is 10.1. The van der Waals surface area contributed by atoms with Crippen molar-refractivity contribution in [2.45, 2.75) is 58.4 Å². The first-order valence-electron chi connectivity index (χ1n) is 6.97. The van der Waals surface area contributed by atoms with E-state index in [0.717, 1.165) is 13.0 Å². The Morgan fingerprint density at radius 1 is 1.29 bits per heavy atom. The first-order valence-corrected chi connectivity index (χ1v) is 6.97. The first-order chi connectivity index (χ1) is 8.27. The molecule has 1 atom stereocenters. The maximum atomic E-state index is 4.34. The largest absolute Gasteiger partial charge is 0.338 e. The molecule has 0 fully saturated rings. The average molecular weight is 237 g/mol. The molecule has 0 aliphatic heterocycles. The molecule has 0 spiro atoms.